The Morgan fingerprint density at radius 3 is 1.16 bits per heavy atom. The van der Waals surface area contributed by atoms with Gasteiger partial charge in [-0.3, -0.25) is 0 Å². The van der Waals surface area contributed by atoms with Gasteiger partial charge in [-0.2, -0.15) is 0 Å². The Morgan fingerprint density at radius 1 is 0.317 bits per heavy atom. The highest BCUT2D eigenvalue weighted by Crippen LogP contribution is 2.53. The molecule has 0 amide bonds. The van der Waals surface area contributed by atoms with Crippen LogP contribution in [0.5, 0.6) is 0 Å². The topological polar surface area (TPSA) is 0 Å². The molecule has 0 heterocycles. The maximum atomic E-state index is 2.48. The summed E-state index contributed by atoms with van der Waals surface area (Å²) < 4.78 is 0. The van der Waals surface area contributed by atoms with Crippen LogP contribution in [0.4, 0.5) is 0 Å². The molecule has 0 heteroatoms. The fourth-order valence-electron chi connectivity index (χ4n) is 10.8. The van der Waals surface area contributed by atoms with Crippen molar-refractivity contribution in [3.63, 3.8) is 0 Å². The first-order valence-corrected chi connectivity index (χ1v) is 22.1. The van der Waals surface area contributed by atoms with E-state index in [2.05, 4.69) is 244 Å². The molecule has 0 N–H and O–H groups in total. The zero-order valence-electron chi connectivity index (χ0n) is 35.4. The van der Waals surface area contributed by atoms with E-state index in [-0.39, 0.29) is 5.41 Å². The third-order valence-corrected chi connectivity index (χ3v) is 13.7. The summed E-state index contributed by atoms with van der Waals surface area (Å²) in [5.41, 5.74) is 17.8. The third kappa shape index (κ3) is 5.90. The van der Waals surface area contributed by atoms with Crippen LogP contribution in [0.3, 0.4) is 0 Å². The van der Waals surface area contributed by atoms with Crippen molar-refractivity contribution in [2.75, 3.05) is 0 Å². The highest BCUT2D eigenvalue weighted by Gasteiger charge is 2.35. The minimum absolute atomic E-state index is 0.0860. The summed E-state index contributed by atoms with van der Waals surface area (Å²) in [5.74, 6) is 0. The monoisotopic (exact) mass is 800 g/mol. The van der Waals surface area contributed by atoms with E-state index in [0.717, 1.165) is 0 Å². The maximum absolute atomic E-state index is 2.48. The molecule has 0 atom stereocenters. The first-order valence-electron chi connectivity index (χ1n) is 22.1. The third-order valence-electron chi connectivity index (χ3n) is 13.7. The van der Waals surface area contributed by atoms with E-state index in [1.807, 2.05) is 0 Å². The van der Waals surface area contributed by atoms with Crippen LogP contribution in [-0.2, 0) is 5.41 Å². The smallest absolute Gasteiger partial charge is 0.0159 e. The molecule has 0 saturated heterocycles. The van der Waals surface area contributed by atoms with Gasteiger partial charge in [0.2, 0.25) is 0 Å². The van der Waals surface area contributed by atoms with Gasteiger partial charge in [0, 0.05) is 5.41 Å². The molecule has 0 fully saturated rings. The molecule has 63 heavy (non-hydrogen) atoms. The molecule has 0 nitrogen and oxygen atoms in total. The van der Waals surface area contributed by atoms with Crippen LogP contribution >= 0.6 is 0 Å². The van der Waals surface area contributed by atoms with Crippen molar-refractivity contribution in [2.45, 2.75) is 19.3 Å². The summed E-state index contributed by atoms with van der Waals surface area (Å²) in [6.07, 6.45) is 2.32. The normalized spacial score (nSPS) is 12.7. The maximum Gasteiger partial charge on any atom is 0.0159 e. The SMILES string of the molecule is CC1(C)c2ccccc2-c2ccc(-c3c4ccccc4c(-c4c5ccccc5c(-c5ccc(C=C(c6ccccc6)c6ccccc6)cc5)c5ccccc45)c4ccccc34)cc21. The van der Waals surface area contributed by atoms with E-state index in [1.165, 1.54) is 121 Å². The van der Waals surface area contributed by atoms with Gasteiger partial charge in [0.05, 0.1) is 0 Å². The Balaban J connectivity index is 1.07. The second kappa shape index (κ2) is 14.7. The van der Waals surface area contributed by atoms with Crippen LogP contribution in [0, 0.1) is 0 Å². The van der Waals surface area contributed by atoms with Crippen LogP contribution in [-0.4, -0.2) is 0 Å². The van der Waals surface area contributed by atoms with Gasteiger partial charge in [-0.15, -0.1) is 0 Å². The van der Waals surface area contributed by atoms with E-state index in [1.54, 1.807) is 0 Å². The summed E-state index contributed by atoms with van der Waals surface area (Å²) in [5, 5.41) is 10.1. The van der Waals surface area contributed by atoms with E-state index in [9.17, 15) is 0 Å². The zero-order chi connectivity index (χ0) is 42.1. The average Bonchev–Trinajstić information content (AvgIpc) is 3.57. The largest absolute Gasteiger partial charge is 0.0622 e. The number of rotatable bonds is 6. The fourth-order valence-corrected chi connectivity index (χ4v) is 10.8. The zero-order valence-corrected chi connectivity index (χ0v) is 35.4. The summed E-state index contributed by atoms with van der Waals surface area (Å²) in [6.45, 7) is 4.75. The van der Waals surface area contributed by atoms with Gasteiger partial charge >= 0.3 is 0 Å². The standard InChI is InChI=1S/C63H44/c1-63(2)57-32-18-17-23-46(57)47-38-37-45(40-58(47)63)60-50-26-11-15-30-54(50)62(55-31-16-12-27-51(55)60)61-52-28-13-9-24-48(52)59(49-25-10-14-29-53(49)61)44-35-33-41(34-36-44)39-56(42-19-5-3-6-20-42)43-21-7-4-8-22-43/h3-40H,1-2H3. The second-order valence-electron chi connectivity index (χ2n) is 17.5. The summed E-state index contributed by atoms with van der Waals surface area (Å²) in [4.78, 5) is 0. The fraction of sp³-hybridized carbons (Fsp3) is 0.0476. The van der Waals surface area contributed by atoms with E-state index in [0.29, 0.717) is 0 Å². The van der Waals surface area contributed by atoms with Gasteiger partial charge in [0.25, 0.3) is 0 Å². The molecule has 0 unspecified atom stereocenters. The van der Waals surface area contributed by atoms with Gasteiger partial charge in [-0.25, -0.2) is 0 Å². The van der Waals surface area contributed by atoms with E-state index >= 15 is 0 Å². The Kier molecular flexibility index (Phi) is 8.63. The molecule has 0 aromatic heterocycles. The quantitative estimate of drug-likeness (QED) is 0.116. The number of fused-ring (bicyclic) bond motifs is 7. The molecule has 11 aromatic rings. The average molecular weight is 801 g/mol. The van der Waals surface area contributed by atoms with Gasteiger partial charge in [0.1, 0.15) is 0 Å². The van der Waals surface area contributed by atoms with Crippen molar-refractivity contribution < 1.29 is 0 Å². The highest BCUT2D eigenvalue weighted by molar-refractivity contribution is 6.30. The van der Waals surface area contributed by atoms with Crippen LogP contribution in [0.25, 0.3) is 99.2 Å². The van der Waals surface area contributed by atoms with Gasteiger partial charge < -0.3 is 0 Å². The predicted molar refractivity (Wildman–Crippen MR) is 270 cm³/mol. The number of hydrogen-bond acceptors (Lipinski definition) is 0. The lowest BCUT2D eigenvalue weighted by Gasteiger charge is -2.24. The summed E-state index contributed by atoms with van der Waals surface area (Å²) in [6, 6.07) is 83.0. The molecular weight excluding hydrogens is 757 g/mol. The molecule has 1 aliphatic carbocycles. The first kappa shape index (κ1) is 37.0. The molecular formula is C63H44. The lowest BCUT2D eigenvalue weighted by Crippen LogP contribution is -2.14. The van der Waals surface area contributed by atoms with E-state index in [4.69, 9.17) is 0 Å². The lowest BCUT2D eigenvalue weighted by atomic mass is 9.79. The molecule has 0 spiro atoms. The highest BCUT2D eigenvalue weighted by atomic mass is 14.4. The first-order chi connectivity index (χ1) is 31.0. The lowest BCUT2D eigenvalue weighted by molar-refractivity contribution is 0.660. The van der Waals surface area contributed by atoms with Crippen LogP contribution in [0.1, 0.15) is 41.7 Å². The van der Waals surface area contributed by atoms with Crippen molar-refractivity contribution >= 4 is 54.7 Å². The summed E-state index contributed by atoms with van der Waals surface area (Å²) in [7, 11) is 0. The Labute approximate surface area is 369 Å². The van der Waals surface area contributed by atoms with Crippen LogP contribution < -0.4 is 0 Å². The molecule has 12 rings (SSSR count). The molecule has 1 aliphatic rings. The minimum Gasteiger partial charge on any atom is -0.0622 e. The summed E-state index contributed by atoms with van der Waals surface area (Å²) >= 11 is 0. The van der Waals surface area contributed by atoms with Crippen LogP contribution in [0.2, 0.25) is 0 Å². The molecule has 0 bridgehead atoms. The molecule has 296 valence electrons. The van der Waals surface area contributed by atoms with Gasteiger partial charge in [-0.1, -0.05) is 232 Å². The minimum atomic E-state index is -0.0860. The predicted octanol–water partition coefficient (Wildman–Crippen LogP) is 17.2. The Bertz CT molecular complexity index is 3450. The molecule has 0 radical (unpaired) electrons. The van der Waals surface area contributed by atoms with Crippen molar-refractivity contribution in [1.29, 1.82) is 0 Å². The van der Waals surface area contributed by atoms with Crippen LogP contribution in [0.15, 0.2) is 224 Å². The van der Waals surface area contributed by atoms with Gasteiger partial charge in [0.15, 0.2) is 0 Å². The van der Waals surface area contributed by atoms with Crippen molar-refractivity contribution in [2.24, 2.45) is 0 Å². The van der Waals surface area contributed by atoms with E-state index < -0.39 is 0 Å². The van der Waals surface area contributed by atoms with Crippen molar-refractivity contribution in [1.82, 2.24) is 0 Å². The number of benzene rings is 11. The Hall–Kier alpha value is -7.80. The second-order valence-corrected chi connectivity index (χ2v) is 17.5. The number of hydrogen-bond donors (Lipinski definition) is 0. The molecule has 11 aromatic carbocycles. The molecule has 0 aliphatic heterocycles. The molecule has 0 saturated carbocycles. The Morgan fingerprint density at radius 2 is 0.683 bits per heavy atom. The van der Waals surface area contributed by atoms with Gasteiger partial charge in [-0.05, 0) is 133 Å². The van der Waals surface area contributed by atoms with Crippen molar-refractivity contribution in [3.05, 3.63) is 252 Å². The van der Waals surface area contributed by atoms with Crippen molar-refractivity contribution in [3.8, 4) is 44.5 Å².